The Balaban J connectivity index is 1.21. The number of rotatable bonds is 10. The number of halogens is 3. The average molecular weight is 697 g/mol. The smallest absolute Gasteiger partial charge is 0.248 e. The van der Waals surface area contributed by atoms with E-state index in [-0.39, 0.29) is 11.8 Å². The molecule has 0 radical (unpaired) electrons. The maximum absolute atomic E-state index is 14.1. The molecule has 6 rings (SSSR count). The summed E-state index contributed by atoms with van der Waals surface area (Å²) in [6.45, 7) is 16.3. The quantitative estimate of drug-likeness (QED) is 0.146. The molecule has 0 unspecified atom stereocenters. The van der Waals surface area contributed by atoms with Gasteiger partial charge in [-0.2, -0.15) is 23.4 Å². The van der Waals surface area contributed by atoms with E-state index >= 15 is 0 Å². The zero-order chi connectivity index (χ0) is 36.8. The summed E-state index contributed by atoms with van der Waals surface area (Å²) in [7, 11) is 0. The largest absolute Gasteiger partial charge is 0.416 e. The van der Waals surface area contributed by atoms with Crippen LogP contribution in [0.1, 0.15) is 94.1 Å². The van der Waals surface area contributed by atoms with Crippen molar-refractivity contribution in [1.29, 1.82) is 0 Å². The van der Waals surface area contributed by atoms with Crippen molar-refractivity contribution in [2.45, 2.75) is 97.2 Å². The van der Waals surface area contributed by atoms with Crippen LogP contribution in [0.15, 0.2) is 79.4 Å². The van der Waals surface area contributed by atoms with Gasteiger partial charge in [-0.1, -0.05) is 84.9 Å². The highest BCUT2D eigenvalue weighted by Crippen LogP contribution is 2.34. The first-order valence-corrected chi connectivity index (χ1v) is 16.9. The lowest BCUT2D eigenvalue weighted by molar-refractivity contribution is -0.137. The second kappa shape index (κ2) is 13.2. The SMILES string of the molecule is Cc1nc(C(C)(C)C)nn1-c1cc(CC(C)(C)c2ncn(-c3cccc(CC(C)(C)c4ncn(Cc5ccccc5)n4)n3)n2)cc(C(F)(F)F)c1. The fourth-order valence-corrected chi connectivity index (χ4v) is 5.96. The van der Waals surface area contributed by atoms with Crippen molar-refractivity contribution in [3.05, 3.63) is 125 Å². The van der Waals surface area contributed by atoms with Crippen LogP contribution in [-0.2, 0) is 41.8 Å². The number of hydrogen-bond donors (Lipinski definition) is 0. The normalized spacial score (nSPS) is 12.8. The predicted octanol–water partition coefficient (Wildman–Crippen LogP) is 7.55. The van der Waals surface area contributed by atoms with Gasteiger partial charge in [0, 0.05) is 28.4 Å². The summed E-state index contributed by atoms with van der Waals surface area (Å²) >= 11 is 0. The van der Waals surface area contributed by atoms with Crippen LogP contribution in [0.2, 0.25) is 0 Å². The highest BCUT2D eigenvalue weighted by molar-refractivity contribution is 5.42. The Bertz CT molecular complexity index is 2130. The van der Waals surface area contributed by atoms with E-state index in [2.05, 4.69) is 46.0 Å². The number of aromatic nitrogens is 10. The van der Waals surface area contributed by atoms with Crippen LogP contribution in [0.3, 0.4) is 0 Å². The van der Waals surface area contributed by atoms with Gasteiger partial charge in [0.25, 0.3) is 0 Å². The highest BCUT2D eigenvalue weighted by Gasteiger charge is 2.34. The summed E-state index contributed by atoms with van der Waals surface area (Å²) in [5.74, 6) is 2.85. The Morgan fingerprint density at radius 1 is 0.647 bits per heavy atom. The Morgan fingerprint density at radius 2 is 1.33 bits per heavy atom. The molecule has 0 bridgehead atoms. The third-order valence-corrected chi connectivity index (χ3v) is 8.71. The first kappa shape index (κ1) is 35.6. The molecule has 0 saturated carbocycles. The topological polar surface area (TPSA) is 105 Å². The van der Waals surface area contributed by atoms with Crippen LogP contribution in [0.25, 0.3) is 11.5 Å². The Morgan fingerprint density at radius 3 is 2.02 bits per heavy atom. The van der Waals surface area contributed by atoms with Crippen LogP contribution in [0.5, 0.6) is 0 Å². The van der Waals surface area contributed by atoms with Crippen molar-refractivity contribution in [3.8, 4) is 11.5 Å². The predicted molar refractivity (Wildman–Crippen MR) is 188 cm³/mol. The van der Waals surface area contributed by atoms with Crippen LogP contribution in [0.4, 0.5) is 13.2 Å². The zero-order valence-electron chi connectivity index (χ0n) is 30.2. The van der Waals surface area contributed by atoms with Crippen molar-refractivity contribution in [2.75, 3.05) is 0 Å². The molecule has 4 heterocycles. The lowest BCUT2D eigenvalue weighted by atomic mass is 9.84. The fraction of sp³-hybridized carbons (Fsp3) is 0.395. The van der Waals surface area contributed by atoms with Crippen molar-refractivity contribution in [1.82, 2.24) is 49.3 Å². The maximum atomic E-state index is 14.1. The van der Waals surface area contributed by atoms with Gasteiger partial charge in [-0.25, -0.2) is 34.0 Å². The summed E-state index contributed by atoms with van der Waals surface area (Å²) in [5.41, 5.74) is 0.541. The number of aryl methyl sites for hydroxylation is 1. The van der Waals surface area contributed by atoms with Crippen molar-refractivity contribution >= 4 is 0 Å². The molecule has 0 fully saturated rings. The summed E-state index contributed by atoms with van der Waals surface area (Å²) < 4.78 is 47.3. The maximum Gasteiger partial charge on any atom is 0.416 e. The first-order chi connectivity index (χ1) is 23.9. The van der Waals surface area contributed by atoms with Gasteiger partial charge >= 0.3 is 6.18 Å². The molecular formula is C38H43F3N10. The van der Waals surface area contributed by atoms with E-state index in [0.29, 0.717) is 47.5 Å². The molecule has 0 N–H and O–H groups in total. The lowest BCUT2D eigenvalue weighted by Gasteiger charge is -2.22. The van der Waals surface area contributed by atoms with E-state index in [1.165, 1.54) is 10.7 Å². The third kappa shape index (κ3) is 8.08. The first-order valence-electron chi connectivity index (χ1n) is 16.9. The zero-order valence-corrected chi connectivity index (χ0v) is 30.2. The van der Waals surface area contributed by atoms with Gasteiger partial charge in [-0.3, -0.25) is 0 Å². The molecule has 13 heteroatoms. The van der Waals surface area contributed by atoms with Gasteiger partial charge in [-0.05, 0) is 54.8 Å². The van der Waals surface area contributed by atoms with Gasteiger partial charge in [-0.15, -0.1) is 5.10 Å². The van der Waals surface area contributed by atoms with Crippen LogP contribution >= 0.6 is 0 Å². The number of nitrogens with zero attached hydrogens (tertiary/aromatic N) is 10. The van der Waals surface area contributed by atoms with E-state index < -0.39 is 22.6 Å². The van der Waals surface area contributed by atoms with E-state index in [1.54, 1.807) is 30.3 Å². The molecule has 0 atom stereocenters. The number of hydrogen-bond acceptors (Lipinski definition) is 7. The van der Waals surface area contributed by atoms with Gasteiger partial charge in [0.05, 0.1) is 17.8 Å². The van der Waals surface area contributed by atoms with Gasteiger partial charge in [0.2, 0.25) is 0 Å². The number of alkyl halides is 3. The molecule has 266 valence electrons. The molecule has 10 nitrogen and oxygen atoms in total. The Hall–Kier alpha value is -5.20. The second-order valence-corrected chi connectivity index (χ2v) is 15.4. The molecule has 4 aromatic heterocycles. The standard InChI is InChI=1S/C38H43F3N10/c1-25-44-32(35(2,3)4)48-51(25)30-18-27(17-28(19-30)38(39,40)41)20-36(5,6)34-43-24-50(47-34)31-16-12-15-29(45-31)21-37(7,8)33-42-23-49(46-33)22-26-13-10-9-11-14-26/h9-19,23-24H,20-22H2,1-8H3. The van der Waals surface area contributed by atoms with Crippen molar-refractivity contribution in [3.63, 3.8) is 0 Å². The minimum atomic E-state index is -4.54. The van der Waals surface area contributed by atoms with Gasteiger partial charge in [0.1, 0.15) is 18.5 Å². The monoisotopic (exact) mass is 696 g/mol. The number of benzene rings is 2. The van der Waals surface area contributed by atoms with Crippen molar-refractivity contribution < 1.29 is 13.2 Å². The molecule has 0 saturated heterocycles. The van der Waals surface area contributed by atoms with Gasteiger partial charge < -0.3 is 0 Å². The fourth-order valence-electron chi connectivity index (χ4n) is 5.96. The average Bonchev–Trinajstić information content (AvgIpc) is 3.81. The molecule has 0 spiro atoms. The molecule has 0 aliphatic heterocycles. The molecule has 0 aliphatic carbocycles. The van der Waals surface area contributed by atoms with E-state index in [0.717, 1.165) is 23.1 Å². The summed E-state index contributed by atoms with van der Waals surface area (Å²) in [6, 6.07) is 19.9. The Labute approximate surface area is 295 Å². The van der Waals surface area contributed by atoms with Gasteiger partial charge in [0.15, 0.2) is 23.3 Å². The summed E-state index contributed by atoms with van der Waals surface area (Å²) in [4.78, 5) is 18.6. The molecular weight excluding hydrogens is 653 g/mol. The van der Waals surface area contributed by atoms with Crippen LogP contribution in [-0.4, -0.2) is 49.3 Å². The summed E-state index contributed by atoms with van der Waals surface area (Å²) in [5, 5.41) is 14.1. The number of pyridine rings is 1. The lowest BCUT2D eigenvalue weighted by Crippen LogP contribution is -2.24. The van der Waals surface area contributed by atoms with E-state index in [9.17, 15) is 13.2 Å². The molecule has 6 aromatic rings. The third-order valence-electron chi connectivity index (χ3n) is 8.71. The van der Waals surface area contributed by atoms with Crippen molar-refractivity contribution in [2.24, 2.45) is 0 Å². The van der Waals surface area contributed by atoms with Crippen LogP contribution < -0.4 is 0 Å². The minimum absolute atomic E-state index is 0.249. The highest BCUT2D eigenvalue weighted by atomic mass is 19.4. The Kier molecular flexibility index (Phi) is 9.19. The van der Waals surface area contributed by atoms with Crippen LogP contribution in [0, 0.1) is 6.92 Å². The minimum Gasteiger partial charge on any atom is -0.248 e. The molecule has 0 amide bonds. The second-order valence-electron chi connectivity index (χ2n) is 15.4. The summed E-state index contributed by atoms with van der Waals surface area (Å²) in [6.07, 6.45) is -0.362. The molecule has 51 heavy (non-hydrogen) atoms. The van der Waals surface area contributed by atoms with E-state index in [1.807, 2.05) is 75.7 Å². The van der Waals surface area contributed by atoms with E-state index in [4.69, 9.17) is 15.2 Å². The molecule has 0 aliphatic rings. The molecule has 2 aromatic carbocycles.